The van der Waals surface area contributed by atoms with Crippen molar-refractivity contribution in [2.45, 2.75) is 44.0 Å². The third kappa shape index (κ3) is 5.10. The number of nitrogens with zero attached hydrogens (tertiary/aromatic N) is 1. The molecule has 172 valence electrons. The second-order valence-electron chi connectivity index (χ2n) is 9.05. The van der Waals surface area contributed by atoms with Crippen molar-refractivity contribution >= 4 is 0 Å². The van der Waals surface area contributed by atoms with Crippen LogP contribution in [0, 0.1) is 11.6 Å². The van der Waals surface area contributed by atoms with Gasteiger partial charge in [-0.05, 0) is 60.8 Å². The van der Waals surface area contributed by atoms with Crippen LogP contribution in [0.2, 0.25) is 0 Å². The standard InChI is InChI=1S/C28H29F2NO2/c29-24-11-7-21(8-12-24)26(22-9-13-25(30)14-10-22)5-3-17-31-18-15-28(16-19-31)32-20-23-4-1-2-6-27(23)33-28/h1-2,4,6-14,26H,3,5,15-20H2. The predicted octanol–water partition coefficient (Wildman–Crippen LogP) is 6.28. The van der Waals surface area contributed by atoms with E-state index in [-0.39, 0.29) is 17.6 Å². The smallest absolute Gasteiger partial charge is 0.213 e. The fourth-order valence-electron chi connectivity index (χ4n) is 4.96. The summed E-state index contributed by atoms with van der Waals surface area (Å²) < 4.78 is 39.3. The summed E-state index contributed by atoms with van der Waals surface area (Å²) in [7, 11) is 0. The van der Waals surface area contributed by atoms with Crippen LogP contribution in [0.3, 0.4) is 0 Å². The maximum atomic E-state index is 13.5. The summed E-state index contributed by atoms with van der Waals surface area (Å²) in [5.74, 6) is 0.0695. The van der Waals surface area contributed by atoms with E-state index in [4.69, 9.17) is 9.47 Å². The van der Waals surface area contributed by atoms with E-state index in [9.17, 15) is 8.78 Å². The molecule has 2 heterocycles. The van der Waals surface area contributed by atoms with Crippen LogP contribution < -0.4 is 4.74 Å². The number of piperidine rings is 1. The third-order valence-corrected chi connectivity index (χ3v) is 6.89. The minimum Gasteiger partial charge on any atom is -0.462 e. The molecule has 1 spiro atoms. The van der Waals surface area contributed by atoms with E-state index in [1.807, 2.05) is 42.5 Å². The lowest BCUT2D eigenvalue weighted by Gasteiger charge is -2.44. The normalized spacial score (nSPS) is 17.7. The maximum absolute atomic E-state index is 13.5. The number of halogens is 2. The van der Waals surface area contributed by atoms with E-state index in [1.54, 1.807) is 0 Å². The van der Waals surface area contributed by atoms with E-state index in [0.29, 0.717) is 6.61 Å². The van der Waals surface area contributed by atoms with E-state index in [0.717, 1.165) is 67.8 Å². The quantitative estimate of drug-likeness (QED) is 0.442. The van der Waals surface area contributed by atoms with Crippen molar-refractivity contribution in [3.8, 4) is 5.75 Å². The zero-order valence-corrected chi connectivity index (χ0v) is 18.7. The molecule has 0 aliphatic carbocycles. The lowest BCUT2D eigenvalue weighted by atomic mass is 9.87. The van der Waals surface area contributed by atoms with Gasteiger partial charge in [-0.3, -0.25) is 0 Å². The third-order valence-electron chi connectivity index (χ3n) is 6.89. The fourth-order valence-corrected chi connectivity index (χ4v) is 4.96. The van der Waals surface area contributed by atoms with E-state index in [1.165, 1.54) is 24.3 Å². The molecule has 1 fully saturated rings. The number of hydrogen-bond donors (Lipinski definition) is 0. The molecule has 3 aromatic carbocycles. The largest absolute Gasteiger partial charge is 0.462 e. The van der Waals surface area contributed by atoms with Gasteiger partial charge in [0.25, 0.3) is 0 Å². The van der Waals surface area contributed by atoms with Crippen molar-refractivity contribution in [3.05, 3.63) is 101 Å². The Morgan fingerprint density at radius 2 is 1.42 bits per heavy atom. The molecule has 0 unspecified atom stereocenters. The summed E-state index contributed by atoms with van der Waals surface area (Å²) in [6.45, 7) is 3.44. The highest BCUT2D eigenvalue weighted by Crippen LogP contribution is 2.37. The van der Waals surface area contributed by atoms with Crippen LogP contribution in [0.4, 0.5) is 8.78 Å². The van der Waals surface area contributed by atoms with Crippen LogP contribution in [0.15, 0.2) is 72.8 Å². The lowest BCUT2D eigenvalue weighted by molar-refractivity contribution is -0.228. The Kier molecular flexibility index (Phi) is 6.43. The molecule has 3 aromatic rings. The molecular weight excluding hydrogens is 420 g/mol. The highest BCUT2D eigenvalue weighted by Gasteiger charge is 2.40. The average molecular weight is 450 g/mol. The van der Waals surface area contributed by atoms with Crippen molar-refractivity contribution in [2.24, 2.45) is 0 Å². The van der Waals surface area contributed by atoms with Crippen molar-refractivity contribution in [2.75, 3.05) is 19.6 Å². The summed E-state index contributed by atoms with van der Waals surface area (Å²) in [6.07, 6.45) is 3.61. The summed E-state index contributed by atoms with van der Waals surface area (Å²) in [4.78, 5) is 2.46. The molecule has 5 heteroatoms. The Bertz CT molecular complexity index is 1010. The summed E-state index contributed by atoms with van der Waals surface area (Å²) in [6, 6.07) is 21.4. The van der Waals surface area contributed by atoms with Gasteiger partial charge in [0.1, 0.15) is 17.4 Å². The van der Waals surface area contributed by atoms with Crippen LogP contribution in [0.5, 0.6) is 5.75 Å². The van der Waals surface area contributed by atoms with Gasteiger partial charge >= 0.3 is 0 Å². The molecule has 0 saturated carbocycles. The second kappa shape index (κ2) is 9.62. The van der Waals surface area contributed by atoms with Gasteiger partial charge in [0, 0.05) is 37.4 Å². The Morgan fingerprint density at radius 1 is 0.818 bits per heavy atom. The first-order chi connectivity index (χ1) is 16.1. The average Bonchev–Trinajstić information content (AvgIpc) is 2.85. The number of para-hydroxylation sites is 1. The summed E-state index contributed by atoms with van der Waals surface area (Å²) in [5, 5.41) is 0. The molecule has 33 heavy (non-hydrogen) atoms. The second-order valence-corrected chi connectivity index (χ2v) is 9.05. The first kappa shape index (κ1) is 22.1. The van der Waals surface area contributed by atoms with Gasteiger partial charge in [0.2, 0.25) is 5.79 Å². The van der Waals surface area contributed by atoms with Gasteiger partial charge in [-0.1, -0.05) is 42.5 Å². The molecule has 0 aromatic heterocycles. The number of ether oxygens (including phenoxy) is 2. The summed E-state index contributed by atoms with van der Waals surface area (Å²) in [5.41, 5.74) is 3.23. The van der Waals surface area contributed by atoms with Crippen LogP contribution in [0.25, 0.3) is 0 Å². The van der Waals surface area contributed by atoms with Crippen molar-refractivity contribution in [1.82, 2.24) is 4.90 Å². The highest BCUT2D eigenvalue weighted by molar-refractivity contribution is 5.35. The minimum atomic E-state index is -0.504. The number of rotatable bonds is 6. The monoisotopic (exact) mass is 449 g/mol. The maximum Gasteiger partial charge on any atom is 0.213 e. The molecule has 0 atom stereocenters. The molecule has 0 N–H and O–H groups in total. The molecule has 5 rings (SSSR count). The Hall–Kier alpha value is -2.76. The lowest BCUT2D eigenvalue weighted by Crippen LogP contribution is -2.51. The van der Waals surface area contributed by atoms with Crippen molar-refractivity contribution in [1.29, 1.82) is 0 Å². The molecule has 0 amide bonds. The molecule has 0 radical (unpaired) electrons. The van der Waals surface area contributed by atoms with Gasteiger partial charge in [-0.25, -0.2) is 8.78 Å². The van der Waals surface area contributed by atoms with E-state index < -0.39 is 5.79 Å². The van der Waals surface area contributed by atoms with Gasteiger partial charge in [-0.2, -0.15) is 0 Å². The summed E-state index contributed by atoms with van der Waals surface area (Å²) >= 11 is 0. The molecule has 2 aliphatic rings. The molecule has 2 aliphatic heterocycles. The van der Waals surface area contributed by atoms with Gasteiger partial charge in [-0.15, -0.1) is 0 Å². The zero-order chi connectivity index (χ0) is 22.7. The van der Waals surface area contributed by atoms with E-state index in [2.05, 4.69) is 11.0 Å². The molecular formula is C28H29F2NO2. The first-order valence-corrected chi connectivity index (χ1v) is 11.7. The Balaban J connectivity index is 1.18. The van der Waals surface area contributed by atoms with Crippen LogP contribution in [0.1, 0.15) is 48.3 Å². The van der Waals surface area contributed by atoms with Gasteiger partial charge in [0.15, 0.2) is 0 Å². The Morgan fingerprint density at radius 3 is 2.06 bits per heavy atom. The molecule has 3 nitrogen and oxygen atoms in total. The van der Waals surface area contributed by atoms with Gasteiger partial charge < -0.3 is 14.4 Å². The number of fused-ring (bicyclic) bond motifs is 1. The predicted molar refractivity (Wildman–Crippen MR) is 124 cm³/mol. The fraction of sp³-hybridized carbons (Fsp3) is 0.357. The molecule has 1 saturated heterocycles. The molecule has 0 bridgehead atoms. The van der Waals surface area contributed by atoms with Crippen molar-refractivity contribution < 1.29 is 18.3 Å². The first-order valence-electron chi connectivity index (χ1n) is 11.7. The van der Waals surface area contributed by atoms with E-state index >= 15 is 0 Å². The SMILES string of the molecule is Fc1ccc(C(CCCN2CCC3(CC2)OCc2ccccc2O3)c2ccc(F)cc2)cc1. The van der Waals surface area contributed by atoms with Gasteiger partial charge in [0.05, 0.1) is 6.61 Å². The van der Waals surface area contributed by atoms with Crippen LogP contribution >= 0.6 is 0 Å². The zero-order valence-electron chi connectivity index (χ0n) is 18.7. The highest BCUT2D eigenvalue weighted by atomic mass is 19.1. The number of benzene rings is 3. The minimum absolute atomic E-state index is 0.115. The van der Waals surface area contributed by atoms with Crippen LogP contribution in [-0.2, 0) is 11.3 Å². The topological polar surface area (TPSA) is 21.7 Å². The van der Waals surface area contributed by atoms with Crippen LogP contribution in [-0.4, -0.2) is 30.3 Å². The number of hydrogen-bond acceptors (Lipinski definition) is 3. The van der Waals surface area contributed by atoms with Crippen molar-refractivity contribution in [3.63, 3.8) is 0 Å². The Labute approximate surface area is 194 Å². The number of likely N-dealkylation sites (tertiary alicyclic amines) is 1.